The van der Waals surface area contributed by atoms with Crippen LogP contribution in [-0.4, -0.2) is 47.6 Å². The van der Waals surface area contributed by atoms with Crippen LogP contribution in [0.1, 0.15) is 40.5 Å². The van der Waals surface area contributed by atoms with Crippen molar-refractivity contribution >= 4 is 11.8 Å². The van der Waals surface area contributed by atoms with Crippen molar-refractivity contribution in [3.8, 4) is 0 Å². The van der Waals surface area contributed by atoms with Gasteiger partial charge in [-0.05, 0) is 36.7 Å². The fraction of sp³-hybridized carbons (Fsp3) is 1.00. The Kier molecular flexibility index (Phi) is 4.43. The molecule has 2 heterocycles. The molecule has 2 fully saturated rings. The van der Waals surface area contributed by atoms with Crippen LogP contribution in [-0.2, 0) is 0 Å². The van der Waals surface area contributed by atoms with E-state index in [4.69, 9.17) is 0 Å². The van der Waals surface area contributed by atoms with Crippen LogP contribution in [0.25, 0.3) is 0 Å². The van der Waals surface area contributed by atoms with E-state index >= 15 is 0 Å². The van der Waals surface area contributed by atoms with E-state index in [1.54, 1.807) is 0 Å². The molecule has 2 saturated heterocycles. The molecule has 17 heavy (non-hydrogen) atoms. The summed E-state index contributed by atoms with van der Waals surface area (Å²) in [7, 11) is 0. The van der Waals surface area contributed by atoms with E-state index < -0.39 is 0 Å². The Labute approximate surface area is 111 Å². The third-order valence-electron chi connectivity index (χ3n) is 4.32. The van der Waals surface area contributed by atoms with Crippen molar-refractivity contribution in [3.05, 3.63) is 0 Å². The molecule has 0 amide bonds. The topological polar surface area (TPSA) is 15.3 Å². The van der Waals surface area contributed by atoms with Crippen LogP contribution in [0.3, 0.4) is 0 Å². The second-order valence-corrected chi connectivity index (χ2v) is 7.94. The molecule has 0 aromatic carbocycles. The summed E-state index contributed by atoms with van der Waals surface area (Å²) in [6, 6.07) is 2.20. The van der Waals surface area contributed by atoms with E-state index in [9.17, 15) is 0 Å². The lowest BCUT2D eigenvalue weighted by Crippen LogP contribution is -2.62. The van der Waals surface area contributed by atoms with Gasteiger partial charge in [-0.2, -0.15) is 11.8 Å². The maximum absolute atomic E-state index is 3.73. The summed E-state index contributed by atoms with van der Waals surface area (Å²) in [6.07, 6.45) is 2.79. The van der Waals surface area contributed by atoms with Crippen LogP contribution in [0.15, 0.2) is 0 Å². The summed E-state index contributed by atoms with van der Waals surface area (Å²) in [5, 5.41) is 3.73. The third kappa shape index (κ3) is 3.39. The van der Waals surface area contributed by atoms with Gasteiger partial charge in [0.25, 0.3) is 0 Å². The average molecular weight is 256 g/mol. The molecule has 0 bridgehead atoms. The molecule has 2 nitrogen and oxygen atoms in total. The van der Waals surface area contributed by atoms with Crippen LogP contribution in [0.2, 0.25) is 0 Å². The van der Waals surface area contributed by atoms with Crippen molar-refractivity contribution in [2.45, 2.75) is 58.7 Å². The van der Waals surface area contributed by atoms with E-state index in [1.165, 1.54) is 30.9 Å². The highest BCUT2D eigenvalue weighted by atomic mass is 32.2. The number of nitrogens with zero attached hydrogens (tertiary/aromatic N) is 1. The van der Waals surface area contributed by atoms with Crippen molar-refractivity contribution < 1.29 is 0 Å². The van der Waals surface area contributed by atoms with Crippen LogP contribution < -0.4 is 5.32 Å². The lowest BCUT2D eigenvalue weighted by Gasteiger charge is -2.48. The molecule has 2 aliphatic heterocycles. The van der Waals surface area contributed by atoms with Crippen molar-refractivity contribution in [1.29, 1.82) is 0 Å². The smallest absolute Gasteiger partial charge is 0.0244 e. The molecule has 0 saturated carbocycles. The van der Waals surface area contributed by atoms with Gasteiger partial charge in [-0.25, -0.2) is 0 Å². The maximum atomic E-state index is 3.73. The van der Waals surface area contributed by atoms with E-state index in [1.807, 2.05) is 0 Å². The Hall–Kier alpha value is 0.270. The molecule has 0 radical (unpaired) electrons. The highest BCUT2D eigenvalue weighted by Gasteiger charge is 2.35. The fourth-order valence-electron chi connectivity index (χ4n) is 2.99. The number of thioether (sulfide) groups is 1. The molecule has 2 aliphatic rings. The van der Waals surface area contributed by atoms with Gasteiger partial charge < -0.3 is 5.32 Å². The van der Waals surface area contributed by atoms with E-state index in [0.29, 0.717) is 17.5 Å². The van der Waals surface area contributed by atoms with E-state index in [2.05, 4.69) is 49.7 Å². The molecule has 2 rings (SSSR count). The van der Waals surface area contributed by atoms with Crippen molar-refractivity contribution in [1.82, 2.24) is 10.2 Å². The predicted molar refractivity (Wildman–Crippen MR) is 77.8 cm³/mol. The van der Waals surface area contributed by atoms with Gasteiger partial charge >= 0.3 is 0 Å². The third-order valence-corrected chi connectivity index (χ3v) is 5.37. The zero-order valence-electron chi connectivity index (χ0n) is 11.8. The molecule has 2 unspecified atom stereocenters. The average Bonchev–Trinajstić information content (AvgIpc) is 2.29. The minimum atomic E-state index is 0.377. The second kappa shape index (κ2) is 5.50. The summed E-state index contributed by atoms with van der Waals surface area (Å²) < 4.78 is 0. The van der Waals surface area contributed by atoms with Gasteiger partial charge in [-0.1, -0.05) is 20.8 Å². The van der Waals surface area contributed by atoms with Gasteiger partial charge in [0.1, 0.15) is 0 Å². The molecule has 2 atom stereocenters. The molecule has 0 aromatic rings. The zero-order chi connectivity index (χ0) is 12.5. The predicted octanol–water partition coefficient (Wildman–Crippen LogP) is 2.59. The lowest BCUT2D eigenvalue weighted by molar-refractivity contribution is 0.0536. The zero-order valence-corrected chi connectivity index (χ0v) is 12.6. The fourth-order valence-corrected chi connectivity index (χ4v) is 4.07. The van der Waals surface area contributed by atoms with E-state index in [0.717, 1.165) is 12.6 Å². The Bertz CT molecular complexity index is 243. The van der Waals surface area contributed by atoms with Gasteiger partial charge in [-0.15, -0.1) is 0 Å². The number of nitrogens with one attached hydrogen (secondary N) is 1. The summed E-state index contributed by atoms with van der Waals surface area (Å²) in [4.78, 5) is 2.78. The Morgan fingerprint density at radius 1 is 1.18 bits per heavy atom. The van der Waals surface area contributed by atoms with Crippen molar-refractivity contribution in [2.75, 3.05) is 24.6 Å². The first-order chi connectivity index (χ1) is 7.98. The van der Waals surface area contributed by atoms with Crippen molar-refractivity contribution in [2.24, 2.45) is 5.41 Å². The number of rotatable bonds is 1. The van der Waals surface area contributed by atoms with Crippen molar-refractivity contribution in [3.63, 3.8) is 0 Å². The van der Waals surface area contributed by atoms with Crippen LogP contribution >= 0.6 is 11.8 Å². The Balaban J connectivity index is 1.99. The summed E-state index contributed by atoms with van der Waals surface area (Å²) in [5.41, 5.74) is 0.377. The first kappa shape index (κ1) is 13.7. The Morgan fingerprint density at radius 2 is 1.82 bits per heavy atom. The Morgan fingerprint density at radius 3 is 2.41 bits per heavy atom. The minimum absolute atomic E-state index is 0.377. The molecule has 0 spiro atoms. The van der Waals surface area contributed by atoms with Gasteiger partial charge in [0.05, 0.1) is 0 Å². The highest BCUT2D eigenvalue weighted by Crippen LogP contribution is 2.28. The standard InChI is InChI=1S/C14H28N2S/c1-11-9-15-13(14(2,3)4)10-16(11)12-5-7-17-8-6-12/h11-13,15H,5-10H2,1-4H3. The molecular formula is C14H28N2S. The highest BCUT2D eigenvalue weighted by molar-refractivity contribution is 7.99. The number of hydrogen-bond acceptors (Lipinski definition) is 3. The van der Waals surface area contributed by atoms with Crippen LogP contribution in [0, 0.1) is 5.41 Å². The molecule has 0 aliphatic carbocycles. The monoisotopic (exact) mass is 256 g/mol. The van der Waals surface area contributed by atoms with E-state index in [-0.39, 0.29) is 0 Å². The number of hydrogen-bond donors (Lipinski definition) is 1. The summed E-state index contributed by atoms with van der Waals surface area (Å²) >= 11 is 2.13. The molecule has 100 valence electrons. The van der Waals surface area contributed by atoms with Gasteiger partial charge in [0.2, 0.25) is 0 Å². The SMILES string of the molecule is CC1CNC(C(C)(C)C)CN1C1CCSCC1. The molecule has 1 N–H and O–H groups in total. The first-order valence-corrected chi connectivity index (χ1v) is 8.21. The normalized spacial score (nSPS) is 33.9. The van der Waals surface area contributed by atoms with Crippen LogP contribution in [0.4, 0.5) is 0 Å². The van der Waals surface area contributed by atoms with Crippen LogP contribution in [0.5, 0.6) is 0 Å². The summed E-state index contributed by atoms with van der Waals surface area (Å²) in [5.74, 6) is 2.73. The molecular weight excluding hydrogens is 228 g/mol. The molecule has 0 aromatic heterocycles. The maximum Gasteiger partial charge on any atom is 0.0244 e. The largest absolute Gasteiger partial charge is 0.311 e. The van der Waals surface area contributed by atoms with Gasteiger partial charge in [0, 0.05) is 31.2 Å². The second-order valence-electron chi connectivity index (χ2n) is 6.72. The van der Waals surface area contributed by atoms with Gasteiger partial charge in [0.15, 0.2) is 0 Å². The first-order valence-electron chi connectivity index (χ1n) is 7.05. The number of piperazine rings is 1. The molecule has 3 heteroatoms. The quantitative estimate of drug-likeness (QED) is 0.776. The van der Waals surface area contributed by atoms with Gasteiger partial charge in [-0.3, -0.25) is 4.90 Å². The summed E-state index contributed by atoms with van der Waals surface area (Å²) in [6.45, 7) is 11.8. The lowest BCUT2D eigenvalue weighted by atomic mass is 9.84. The minimum Gasteiger partial charge on any atom is -0.311 e.